The highest BCUT2D eigenvalue weighted by molar-refractivity contribution is 5.86. The van der Waals surface area contributed by atoms with Gasteiger partial charge in [-0.15, -0.1) is 0 Å². The number of nitrogens with zero attached hydrogens (tertiary/aromatic N) is 3. The van der Waals surface area contributed by atoms with E-state index in [1.165, 1.54) is 11.6 Å². The van der Waals surface area contributed by atoms with E-state index < -0.39 is 5.97 Å². The first kappa shape index (κ1) is 15.8. The quantitative estimate of drug-likeness (QED) is 0.881. The Labute approximate surface area is 129 Å². The largest absolute Gasteiger partial charge is 0.493 e. The van der Waals surface area contributed by atoms with Crippen LogP contribution in [0.25, 0.3) is 0 Å². The van der Waals surface area contributed by atoms with Gasteiger partial charge in [-0.1, -0.05) is 17.7 Å². The minimum atomic E-state index is -1.06. The number of hydrogen-bond acceptors (Lipinski definition) is 5. The Morgan fingerprint density at radius 3 is 2.50 bits per heavy atom. The van der Waals surface area contributed by atoms with E-state index in [9.17, 15) is 4.79 Å². The molecule has 1 aromatic heterocycles. The Kier molecular flexibility index (Phi) is 4.93. The van der Waals surface area contributed by atoms with E-state index in [1.54, 1.807) is 19.0 Å². The van der Waals surface area contributed by atoms with E-state index in [1.807, 2.05) is 31.2 Å². The molecule has 0 aliphatic rings. The Morgan fingerprint density at radius 2 is 1.91 bits per heavy atom. The zero-order chi connectivity index (χ0) is 16.1. The molecule has 0 atom stereocenters. The van der Waals surface area contributed by atoms with Crippen molar-refractivity contribution in [3.8, 4) is 5.75 Å². The molecule has 0 aliphatic heterocycles. The molecule has 0 aliphatic carbocycles. The molecule has 6 heteroatoms. The summed E-state index contributed by atoms with van der Waals surface area (Å²) in [5.41, 5.74) is 1.16. The molecule has 6 nitrogen and oxygen atoms in total. The monoisotopic (exact) mass is 301 g/mol. The average Bonchev–Trinajstić information content (AvgIpc) is 2.49. The predicted octanol–water partition coefficient (Wildman–Crippen LogP) is 2.17. The van der Waals surface area contributed by atoms with Crippen LogP contribution in [0.2, 0.25) is 0 Å². The number of ether oxygens (including phenoxy) is 1. The predicted molar refractivity (Wildman–Crippen MR) is 83.7 cm³/mol. The summed E-state index contributed by atoms with van der Waals surface area (Å²) >= 11 is 0. The minimum Gasteiger partial charge on any atom is -0.493 e. The number of benzene rings is 1. The smallest absolute Gasteiger partial charge is 0.354 e. The van der Waals surface area contributed by atoms with Gasteiger partial charge in [0.05, 0.1) is 6.61 Å². The van der Waals surface area contributed by atoms with E-state index in [4.69, 9.17) is 9.84 Å². The summed E-state index contributed by atoms with van der Waals surface area (Å²) in [7, 11) is 3.61. The molecule has 0 unspecified atom stereocenters. The van der Waals surface area contributed by atoms with Gasteiger partial charge >= 0.3 is 5.97 Å². The van der Waals surface area contributed by atoms with Gasteiger partial charge in [-0.05, 0) is 19.1 Å². The second kappa shape index (κ2) is 6.89. The van der Waals surface area contributed by atoms with Crippen LogP contribution in [0.15, 0.2) is 30.3 Å². The Balaban J connectivity index is 2.05. The van der Waals surface area contributed by atoms with Crippen LogP contribution in [-0.2, 0) is 6.42 Å². The summed E-state index contributed by atoms with van der Waals surface area (Å²) in [5, 5.41) is 9.10. The zero-order valence-corrected chi connectivity index (χ0v) is 12.9. The van der Waals surface area contributed by atoms with Crippen LogP contribution in [-0.4, -0.2) is 41.7 Å². The fourth-order valence-electron chi connectivity index (χ4n) is 1.83. The van der Waals surface area contributed by atoms with Crippen molar-refractivity contribution in [1.29, 1.82) is 0 Å². The second-order valence-corrected chi connectivity index (χ2v) is 5.14. The molecule has 1 N–H and O–H groups in total. The highest BCUT2D eigenvalue weighted by Gasteiger charge is 2.11. The van der Waals surface area contributed by atoms with Crippen molar-refractivity contribution < 1.29 is 14.6 Å². The third-order valence-electron chi connectivity index (χ3n) is 3.05. The third-order valence-corrected chi connectivity index (χ3v) is 3.05. The van der Waals surface area contributed by atoms with Crippen molar-refractivity contribution in [2.75, 3.05) is 25.6 Å². The molecule has 2 rings (SSSR count). The maximum atomic E-state index is 11.1. The average molecular weight is 301 g/mol. The Hall–Kier alpha value is -2.63. The fraction of sp³-hybridized carbons (Fsp3) is 0.312. The standard InChI is InChI=1S/C16H19N3O3/c1-11-4-6-12(7-5-11)22-9-8-14-17-13(16(20)21)10-15(18-14)19(2)3/h4-7,10H,8-9H2,1-3H3,(H,20,21). The summed E-state index contributed by atoms with van der Waals surface area (Å²) in [6.07, 6.45) is 0.440. The van der Waals surface area contributed by atoms with Gasteiger partial charge in [0.1, 0.15) is 17.4 Å². The van der Waals surface area contributed by atoms with Crippen molar-refractivity contribution in [3.05, 3.63) is 47.4 Å². The third kappa shape index (κ3) is 4.18. The molecule has 0 saturated heterocycles. The molecule has 1 heterocycles. The van der Waals surface area contributed by atoms with Gasteiger partial charge in [0.2, 0.25) is 0 Å². The molecule has 0 bridgehead atoms. The van der Waals surface area contributed by atoms with Gasteiger partial charge in [-0.25, -0.2) is 14.8 Å². The van der Waals surface area contributed by atoms with Gasteiger partial charge in [0, 0.05) is 26.6 Å². The fourth-order valence-corrected chi connectivity index (χ4v) is 1.83. The molecule has 22 heavy (non-hydrogen) atoms. The summed E-state index contributed by atoms with van der Waals surface area (Å²) < 4.78 is 5.62. The zero-order valence-electron chi connectivity index (χ0n) is 12.9. The lowest BCUT2D eigenvalue weighted by molar-refractivity contribution is 0.0690. The number of carboxylic acid groups (broad SMARTS) is 1. The summed E-state index contributed by atoms with van der Waals surface area (Å²) in [4.78, 5) is 21.2. The van der Waals surface area contributed by atoms with E-state index >= 15 is 0 Å². The molecule has 0 amide bonds. The van der Waals surface area contributed by atoms with Crippen molar-refractivity contribution in [3.63, 3.8) is 0 Å². The number of hydrogen-bond donors (Lipinski definition) is 1. The van der Waals surface area contributed by atoms with Gasteiger partial charge in [0.25, 0.3) is 0 Å². The number of carboxylic acids is 1. The van der Waals surface area contributed by atoms with Crippen molar-refractivity contribution >= 4 is 11.8 Å². The number of anilines is 1. The molecular formula is C16H19N3O3. The lowest BCUT2D eigenvalue weighted by Crippen LogP contribution is -2.16. The first-order chi connectivity index (χ1) is 10.5. The van der Waals surface area contributed by atoms with E-state index in [-0.39, 0.29) is 5.69 Å². The summed E-state index contributed by atoms with van der Waals surface area (Å²) in [5.74, 6) is 0.729. The normalized spacial score (nSPS) is 10.3. The minimum absolute atomic E-state index is 0.0102. The lowest BCUT2D eigenvalue weighted by atomic mass is 10.2. The first-order valence-corrected chi connectivity index (χ1v) is 6.94. The lowest BCUT2D eigenvalue weighted by Gasteiger charge is -2.13. The Bertz CT molecular complexity index is 654. The number of aryl methyl sites for hydroxylation is 1. The van der Waals surface area contributed by atoms with Gasteiger partial charge in [-0.3, -0.25) is 0 Å². The Morgan fingerprint density at radius 1 is 1.23 bits per heavy atom. The second-order valence-electron chi connectivity index (χ2n) is 5.14. The number of aromatic nitrogens is 2. The van der Waals surface area contributed by atoms with Gasteiger partial charge in [-0.2, -0.15) is 0 Å². The molecule has 116 valence electrons. The van der Waals surface area contributed by atoms with Crippen LogP contribution in [0.4, 0.5) is 5.82 Å². The highest BCUT2D eigenvalue weighted by atomic mass is 16.5. The molecule has 0 saturated carbocycles. The van der Waals surface area contributed by atoms with Crippen LogP contribution >= 0.6 is 0 Å². The first-order valence-electron chi connectivity index (χ1n) is 6.94. The summed E-state index contributed by atoms with van der Waals surface area (Å²) in [6.45, 7) is 2.40. The molecule has 1 aromatic carbocycles. The van der Waals surface area contributed by atoms with E-state index in [0.29, 0.717) is 24.7 Å². The SMILES string of the molecule is Cc1ccc(OCCc2nc(C(=O)O)cc(N(C)C)n2)cc1. The summed E-state index contributed by atoms with van der Waals surface area (Å²) in [6, 6.07) is 9.19. The van der Waals surface area contributed by atoms with Crippen LogP contribution in [0.3, 0.4) is 0 Å². The molecule has 2 aromatic rings. The maximum Gasteiger partial charge on any atom is 0.354 e. The van der Waals surface area contributed by atoms with Crippen molar-refractivity contribution in [1.82, 2.24) is 9.97 Å². The highest BCUT2D eigenvalue weighted by Crippen LogP contribution is 2.13. The maximum absolute atomic E-state index is 11.1. The number of rotatable bonds is 6. The van der Waals surface area contributed by atoms with Gasteiger partial charge < -0.3 is 14.7 Å². The molecular weight excluding hydrogens is 282 g/mol. The van der Waals surface area contributed by atoms with Crippen LogP contribution in [0.5, 0.6) is 5.75 Å². The van der Waals surface area contributed by atoms with E-state index in [2.05, 4.69) is 9.97 Å². The number of carbonyl (C=O) groups is 1. The topological polar surface area (TPSA) is 75.6 Å². The van der Waals surface area contributed by atoms with E-state index in [0.717, 1.165) is 5.75 Å². The van der Waals surface area contributed by atoms with Crippen LogP contribution in [0, 0.1) is 6.92 Å². The molecule has 0 radical (unpaired) electrons. The van der Waals surface area contributed by atoms with Crippen LogP contribution < -0.4 is 9.64 Å². The number of aromatic carboxylic acids is 1. The van der Waals surface area contributed by atoms with Crippen LogP contribution in [0.1, 0.15) is 21.9 Å². The molecule has 0 fully saturated rings. The van der Waals surface area contributed by atoms with Crippen molar-refractivity contribution in [2.24, 2.45) is 0 Å². The molecule has 0 spiro atoms. The van der Waals surface area contributed by atoms with Gasteiger partial charge in [0.15, 0.2) is 5.69 Å². The van der Waals surface area contributed by atoms with Crippen molar-refractivity contribution in [2.45, 2.75) is 13.3 Å².